The van der Waals surface area contributed by atoms with Crippen LogP contribution in [0.5, 0.6) is 0 Å². The molecule has 0 aliphatic rings. The summed E-state index contributed by atoms with van der Waals surface area (Å²) in [4.78, 5) is 36.1. The Bertz CT molecular complexity index is 629. The van der Waals surface area contributed by atoms with E-state index in [0.29, 0.717) is 16.8 Å². The monoisotopic (exact) mass is 324 g/mol. The third kappa shape index (κ3) is 3.84. The van der Waals surface area contributed by atoms with Gasteiger partial charge in [0.05, 0.1) is 23.3 Å². The number of ether oxygens (including phenoxy) is 2. The lowest BCUT2D eigenvalue weighted by molar-refractivity contribution is -0.385. The van der Waals surface area contributed by atoms with E-state index in [1.54, 1.807) is 6.92 Å². The molecule has 0 spiro atoms. The van der Waals surface area contributed by atoms with Crippen molar-refractivity contribution < 1.29 is 24.0 Å². The quantitative estimate of drug-likeness (QED) is 0.449. The number of esters is 1. The highest BCUT2D eigenvalue weighted by molar-refractivity contribution is 6.01. The van der Waals surface area contributed by atoms with Gasteiger partial charge in [0.25, 0.3) is 11.6 Å². The van der Waals surface area contributed by atoms with Crippen molar-refractivity contribution in [2.24, 2.45) is 0 Å². The summed E-state index contributed by atoms with van der Waals surface area (Å²) < 4.78 is 9.54. The first kappa shape index (κ1) is 18.6. The first-order chi connectivity index (χ1) is 10.8. The van der Waals surface area contributed by atoms with Crippen LogP contribution in [-0.2, 0) is 19.1 Å². The fourth-order valence-electron chi connectivity index (χ4n) is 2.40. The fourth-order valence-corrected chi connectivity index (χ4v) is 2.40. The molecule has 1 atom stereocenters. The Morgan fingerprint density at radius 3 is 2.39 bits per heavy atom. The highest BCUT2D eigenvalue weighted by atomic mass is 16.6. The van der Waals surface area contributed by atoms with Crippen LogP contribution < -0.4 is 4.90 Å². The third-order valence-electron chi connectivity index (χ3n) is 3.51. The van der Waals surface area contributed by atoms with Crippen molar-refractivity contribution in [2.75, 3.05) is 25.7 Å². The molecule has 1 aromatic carbocycles. The third-order valence-corrected chi connectivity index (χ3v) is 3.51. The molecule has 1 aromatic rings. The summed E-state index contributed by atoms with van der Waals surface area (Å²) in [5.74, 6) is -1.11. The molecule has 0 aliphatic carbocycles. The average molecular weight is 324 g/mol. The molecular weight excluding hydrogens is 304 g/mol. The molecule has 8 heteroatoms. The molecule has 0 N–H and O–H groups in total. The van der Waals surface area contributed by atoms with Crippen molar-refractivity contribution in [1.29, 1.82) is 0 Å². The predicted octanol–water partition coefficient (Wildman–Crippen LogP) is 1.75. The molecule has 0 saturated heterocycles. The summed E-state index contributed by atoms with van der Waals surface area (Å²) in [6, 6.07) is 1.97. The molecule has 0 saturated carbocycles. The first-order valence-corrected chi connectivity index (χ1v) is 6.89. The number of nitrogens with zero attached hydrogens (tertiary/aromatic N) is 2. The number of nitro groups is 1. The van der Waals surface area contributed by atoms with Gasteiger partial charge in [-0.15, -0.1) is 0 Å². The van der Waals surface area contributed by atoms with E-state index in [9.17, 15) is 19.7 Å². The standard InChI is InChI=1S/C15H20N2O6/c1-9-6-7-12(17(20)21)10(2)14(9)16(13(18)8-22-4)11(3)15(19)23-5/h6-7,11H,8H2,1-5H3. The Labute approximate surface area is 134 Å². The summed E-state index contributed by atoms with van der Waals surface area (Å²) in [5, 5.41) is 11.1. The Morgan fingerprint density at radius 2 is 1.91 bits per heavy atom. The normalized spacial score (nSPS) is 11.7. The molecule has 0 aliphatic heterocycles. The number of carbonyl (C=O) groups excluding carboxylic acids is 2. The van der Waals surface area contributed by atoms with E-state index in [0.717, 1.165) is 0 Å². The second-order valence-corrected chi connectivity index (χ2v) is 5.03. The van der Waals surface area contributed by atoms with E-state index < -0.39 is 22.8 Å². The van der Waals surface area contributed by atoms with Gasteiger partial charge in [-0.25, -0.2) is 4.79 Å². The number of carbonyl (C=O) groups is 2. The van der Waals surface area contributed by atoms with Crippen LogP contribution in [0.15, 0.2) is 12.1 Å². The number of amides is 1. The highest BCUT2D eigenvalue weighted by Gasteiger charge is 2.32. The maximum atomic E-state index is 12.4. The topological polar surface area (TPSA) is 99.0 Å². The molecule has 0 heterocycles. The Kier molecular flexibility index (Phi) is 6.20. The van der Waals surface area contributed by atoms with E-state index in [-0.39, 0.29) is 12.3 Å². The van der Waals surface area contributed by atoms with Crippen LogP contribution in [0.3, 0.4) is 0 Å². The minimum atomic E-state index is -0.943. The molecule has 0 bridgehead atoms. The minimum Gasteiger partial charge on any atom is -0.467 e. The summed E-state index contributed by atoms with van der Waals surface area (Å²) in [6.07, 6.45) is 0. The van der Waals surface area contributed by atoms with Gasteiger partial charge in [0.1, 0.15) is 12.6 Å². The van der Waals surface area contributed by atoms with Crippen molar-refractivity contribution in [2.45, 2.75) is 26.8 Å². The van der Waals surface area contributed by atoms with Crippen LogP contribution in [-0.4, -0.2) is 43.7 Å². The second kappa shape index (κ2) is 7.68. The average Bonchev–Trinajstić information content (AvgIpc) is 2.49. The lowest BCUT2D eigenvalue weighted by atomic mass is 10.0. The summed E-state index contributed by atoms with van der Waals surface area (Å²) in [5.41, 5.74) is 1.13. The summed E-state index contributed by atoms with van der Waals surface area (Å²) >= 11 is 0. The van der Waals surface area contributed by atoms with Gasteiger partial charge >= 0.3 is 5.97 Å². The molecule has 0 radical (unpaired) electrons. The van der Waals surface area contributed by atoms with Gasteiger partial charge in [0.15, 0.2) is 0 Å². The lowest BCUT2D eigenvalue weighted by Gasteiger charge is -2.30. The summed E-state index contributed by atoms with van der Waals surface area (Å²) in [6.45, 7) is 4.49. The zero-order valence-electron chi connectivity index (χ0n) is 13.8. The van der Waals surface area contributed by atoms with Gasteiger partial charge in [0.2, 0.25) is 0 Å². The molecule has 8 nitrogen and oxygen atoms in total. The number of benzene rings is 1. The zero-order chi connectivity index (χ0) is 17.7. The van der Waals surface area contributed by atoms with Crippen molar-refractivity contribution >= 4 is 23.3 Å². The molecule has 1 rings (SSSR count). The Morgan fingerprint density at radius 1 is 1.30 bits per heavy atom. The fraction of sp³-hybridized carbons (Fsp3) is 0.467. The molecular formula is C15H20N2O6. The number of hydrogen-bond acceptors (Lipinski definition) is 6. The molecule has 0 aromatic heterocycles. The Hall–Kier alpha value is -2.48. The van der Waals surface area contributed by atoms with E-state index in [1.165, 1.54) is 45.1 Å². The van der Waals surface area contributed by atoms with Crippen LogP contribution in [0.4, 0.5) is 11.4 Å². The Balaban J connectivity index is 3.54. The second-order valence-electron chi connectivity index (χ2n) is 5.03. The molecule has 1 amide bonds. The predicted molar refractivity (Wildman–Crippen MR) is 83.4 cm³/mol. The number of methoxy groups -OCH3 is 2. The van der Waals surface area contributed by atoms with Crippen LogP contribution in [0.2, 0.25) is 0 Å². The molecule has 0 fully saturated rings. The van der Waals surface area contributed by atoms with Crippen LogP contribution >= 0.6 is 0 Å². The molecule has 23 heavy (non-hydrogen) atoms. The van der Waals surface area contributed by atoms with E-state index in [4.69, 9.17) is 9.47 Å². The SMILES string of the molecule is COCC(=O)N(c1c(C)ccc([N+](=O)[O-])c1C)C(C)C(=O)OC. The van der Waals surface area contributed by atoms with E-state index in [1.807, 2.05) is 0 Å². The number of nitro benzene ring substituents is 1. The van der Waals surface area contributed by atoms with Gasteiger partial charge in [-0.2, -0.15) is 0 Å². The van der Waals surface area contributed by atoms with Crippen molar-refractivity contribution in [3.05, 3.63) is 33.4 Å². The lowest BCUT2D eigenvalue weighted by Crippen LogP contribution is -2.46. The zero-order valence-corrected chi connectivity index (χ0v) is 13.8. The minimum absolute atomic E-state index is 0.127. The number of aryl methyl sites for hydroxylation is 1. The van der Waals surface area contributed by atoms with Crippen LogP contribution in [0, 0.1) is 24.0 Å². The number of hydrogen-bond donors (Lipinski definition) is 0. The maximum absolute atomic E-state index is 12.4. The highest BCUT2D eigenvalue weighted by Crippen LogP contribution is 2.33. The van der Waals surface area contributed by atoms with Crippen LogP contribution in [0.1, 0.15) is 18.1 Å². The van der Waals surface area contributed by atoms with Crippen LogP contribution in [0.25, 0.3) is 0 Å². The molecule has 1 unspecified atom stereocenters. The van der Waals surface area contributed by atoms with Crippen molar-refractivity contribution in [3.63, 3.8) is 0 Å². The number of rotatable bonds is 6. The molecule has 126 valence electrons. The first-order valence-electron chi connectivity index (χ1n) is 6.89. The van der Waals surface area contributed by atoms with Crippen molar-refractivity contribution in [1.82, 2.24) is 0 Å². The summed E-state index contributed by atoms with van der Waals surface area (Å²) in [7, 11) is 2.57. The van der Waals surface area contributed by atoms with Gasteiger partial charge in [-0.3, -0.25) is 19.8 Å². The van der Waals surface area contributed by atoms with Gasteiger partial charge in [-0.1, -0.05) is 6.07 Å². The van der Waals surface area contributed by atoms with Gasteiger partial charge in [0, 0.05) is 13.2 Å². The van der Waals surface area contributed by atoms with Crippen molar-refractivity contribution in [3.8, 4) is 0 Å². The largest absolute Gasteiger partial charge is 0.467 e. The number of anilines is 1. The maximum Gasteiger partial charge on any atom is 0.328 e. The van der Waals surface area contributed by atoms with Gasteiger partial charge in [-0.05, 0) is 26.3 Å². The van der Waals surface area contributed by atoms with E-state index >= 15 is 0 Å². The smallest absolute Gasteiger partial charge is 0.328 e. The van der Waals surface area contributed by atoms with Gasteiger partial charge < -0.3 is 9.47 Å². The van der Waals surface area contributed by atoms with E-state index in [2.05, 4.69) is 0 Å².